The van der Waals surface area contributed by atoms with E-state index in [1.165, 1.54) is 54.1 Å². The minimum Gasteiger partial charge on any atom is -0.394 e. The molecule has 0 aliphatic carbocycles. The van der Waals surface area contributed by atoms with E-state index in [0.717, 1.165) is 17.8 Å². The van der Waals surface area contributed by atoms with Crippen LogP contribution in [-0.2, 0) is 94.3 Å². The Bertz CT molecular complexity index is 3880. The summed E-state index contributed by atoms with van der Waals surface area (Å²) in [4.78, 5) is 239. The van der Waals surface area contributed by atoms with Gasteiger partial charge in [0.2, 0.25) is 100 Å². The summed E-state index contributed by atoms with van der Waals surface area (Å²) in [5.41, 5.74) is 18.8. The second-order valence-corrected chi connectivity index (χ2v) is 29.6. The summed E-state index contributed by atoms with van der Waals surface area (Å²) < 4.78 is 0. The Morgan fingerprint density at radius 2 is 0.780 bits per heavy atom. The SMILES string of the molecule is CC(=O)N[C@@H](CS)C(=O)N[C@@H](CCCCN)C(=O)N[C@@H](CS)C(=O)N[C@@H](Cc1cnc[nH]1)C(=O)NCC(=O)N[C@H](C(=O)N[C@@H](CO)C(=O)NCC(=O)N[C@@H](CO)C(=O)N[C@@H](CS)C(=O)N[C@H](C(=O)N[C@H](C(=O)N[C@@H](CCCCN)C(=O)N[C@H](C(=O)N[C@@H](CS)C(=O)N[C@@H](Cc1c[nH]c2ccccc12)C(N)=O)[C@@H](C)O)C(C)C)[C@@H](C)O)C(C)C. The Kier molecular flexibility index (Phi) is 45.8. The highest BCUT2D eigenvalue weighted by Crippen LogP contribution is 2.20. The van der Waals surface area contributed by atoms with Crippen LogP contribution < -0.4 is 102 Å². The highest BCUT2D eigenvalue weighted by Gasteiger charge is 2.39. The number of thiol groups is 4. The molecular weight excluding hydrogens is 1630 g/mol. The van der Waals surface area contributed by atoms with Crippen LogP contribution in [0, 0.1) is 11.8 Å². The van der Waals surface area contributed by atoms with E-state index >= 15 is 0 Å². The highest BCUT2D eigenvalue weighted by molar-refractivity contribution is 7.80. The molecule has 0 saturated carbocycles. The van der Waals surface area contributed by atoms with Crippen LogP contribution in [0.4, 0.5) is 0 Å². The third-order valence-corrected chi connectivity index (χ3v) is 19.4. The van der Waals surface area contributed by atoms with E-state index < -0.39 is 241 Å². The Hall–Kier alpha value is -9.88. The first-order valence-electron chi connectivity index (χ1n) is 37.8. The van der Waals surface area contributed by atoms with E-state index in [-0.39, 0.29) is 62.5 Å². The second-order valence-electron chi connectivity index (χ2n) is 28.2. The second kappa shape index (κ2) is 52.8. The van der Waals surface area contributed by atoms with Crippen molar-refractivity contribution in [1.82, 2.24) is 100 Å². The quantitative estimate of drug-likeness (QED) is 0.0184. The number of aliphatic hydroxyl groups is 4. The molecule has 47 heteroatoms. The van der Waals surface area contributed by atoms with Crippen molar-refractivity contribution in [3.8, 4) is 0 Å². The Balaban J connectivity index is 1.63. The number of nitrogens with zero attached hydrogens (tertiary/aromatic N) is 1. The number of imidazole rings is 1. The maximum atomic E-state index is 14.2. The zero-order valence-electron chi connectivity index (χ0n) is 66.4. The molecule has 16 atom stereocenters. The lowest BCUT2D eigenvalue weighted by Gasteiger charge is -2.30. The van der Waals surface area contributed by atoms with Crippen LogP contribution in [0.15, 0.2) is 43.0 Å². The van der Waals surface area contributed by atoms with E-state index in [9.17, 15) is 102 Å². The van der Waals surface area contributed by atoms with Gasteiger partial charge in [-0.3, -0.25) is 81.5 Å². The number of para-hydroxylation sites is 1. The van der Waals surface area contributed by atoms with E-state index in [1.807, 2.05) is 6.07 Å². The van der Waals surface area contributed by atoms with Crippen molar-refractivity contribution in [3.63, 3.8) is 0 Å². The molecule has 0 bridgehead atoms. The number of H-pyrrole nitrogens is 2. The number of nitrogens with two attached hydrogens (primary N) is 3. The van der Waals surface area contributed by atoms with Crippen LogP contribution >= 0.6 is 50.5 Å². The molecule has 118 heavy (non-hydrogen) atoms. The van der Waals surface area contributed by atoms with Crippen molar-refractivity contribution in [2.24, 2.45) is 29.0 Å². The number of fused-ring (bicyclic) bond motifs is 1. The molecular formula is C71H114N22O21S4. The monoisotopic (exact) mass is 1740 g/mol. The van der Waals surface area contributed by atoms with E-state index in [1.54, 1.807) is 24.4 Å². The van der Waals surface area contributed by atoms with E-state index in [2.05, 4.69) is 151 Å². The van der Waals surface area contributed by atoms with Crippen molar-refractivity contribution < 1.29 is 102 Å². The molecule has 17 amide bonds. The number of aromatic amines is 2. The molecule has 0 saturated heterocycles. The number of nitrogens with one attached hydrogen (secondary N) is 18. The number of amides is 17. The van der Waals surface area contributed by atoms with Crippen LogP contribution in [0.25, 0.3) is 10.9 Å². The van der Waals surface area contributed by atoms with Crippen LogP contribution in [0.1, 0.15) is 98.2 Å². The third-order valence-electron chi connectivity index (χ3n) is 18.0. The van der Waals surface area contributed by atoms with Crippen molar-refractivity contribution in [2.75, 3.05) is 62.4 Å². The van der Waals surface area contributed by atoms with Gasteiger partial charge in [-0.2, -0.15) is 50.5 Å². The van der Waals surface area contributed by atoms with Gasteiger partial charge in [0.25, 0.3) is 0 Å². The number of primary amides is 1. The topological polar surface area (TPSA) is 686 Å². The molecule has 0 unspecified atom stereocenters. The van der Waals surface area contributed by atoms with Crippen LogP contribution in [0.2, 0.25) is 0 Å². The predicted octanol–water partition coefficient (Wildman–Crippen LogP) is -9.76. The molecule has 2 heterocycles. The number of aromatic nitrogens is 3. The van der Waals surface area contributed by atoms with E-state index in [4.69, 9.17) is 17.2 Å². The fraction of sp³-hybridized carbons (Fsp3) is 0.606. The van der Waals surface area contributed by atoms with Crippen molar-refractivity contribution in [3.05, 3.63) is 54.2 Å². The molecule has 1 aromatic carbocycles. The zero-order valence-corrected chi connectivity index (χ0v) is 69.9. The fourth-order valence-corrected chi connectivity index (χ4v) is 12.4. The van der Waals surface area contributed by atoms with Crippen LogP contribution in [-0.4, -0.2) is 295 Å². The van der Waals surface area contributed by atoms with Crippen LogP contribution in [0.5, 0.6) is 0 Å². The number of carbonyl (C=O) groups is 17. The van der Waals surface area contributed by atoms with Gasteiger partial charge < -0.3 is 133 Å². The number of hydrogen-bond donors (Lipinski definition) is 29. The van der Waals surface area contributed by atoms with Gasteiger partial charge in [0, 0.05) is 71.8 Å². The van der Waals surface area contributed by atoms with E-state index in [0.29, 0.717) is 30.5 Å². The number of carbonyl (C=O) groups excluding carboxylic acids is 17. The molecule has 0 aliphatic rings. The number of benzene rings is 1. The van der Waals surface area contributed by atoms with Gasteiger partial charge in [-0.1, -0.05) is 45.9 Å². The van der Waals surface area contributed by atoms with Gasteiger partial charge >= 0.3 is 0 Å². The zero-order chi connectivity index (χ0) is 88.6. The molecule has 28 N–H and O–H groups in total. The van der Waals surface area contributed by atoms with Gasteiger partial charge in [0.05, 0.1) is 44.8 Å². The van der Waals surface area contributed by atoms with Gasteiger partial charge in [0.1, 0.15) is 84.6 Å². The fourth-order valence-electron chi connectivity index (χ4n) is 11.3. The van der Waals surface area contributed by atoms with Gasteiger partial charge in [-0.15, -0.1) is 0 Å². The molecule has 0 radical (unpaired) electrons. The first-order chi connectivity index (χ1) is 55.8. The minimum absolute atomic E-state index is 0.0246. The summed E-state index contributed by atoms with van der Waals surface area (Å²) >= 11 is 16.7. The summed E-state index contributed by atoms with van der Waals surface area (Å²) in [5, 5.41) is 81.0. The molecule has 0 aliphatic heterocycles. The number of unbranched alkanes of at least 4 members (excludes halogenated alkanes) is 2. The number of hydrogen-bond acceptors (Lipinski definition) is 28. The Labute approximate surface area is 702 Å². The lowest BCUT2D eigenvalue weighted by atomic mass is 10.0. The molecule has 43 nitrogen and oxygen atoms in total. The molecule has 3 rings (SSSR count). The van der Waals surface area contributed by atoms with Gasteiger partial charge in [-0.05, 0) is 88.9 Å². The first kappa shape index (κ1) is 102. The molecule has 0 fully saturated rings. The Morgan fingerprint density at radius 1 is 0.415 bits per heavy atom. The van der Waals surface area contributed by atoms with Crippen LogP contribution in [0.3, 0.4) is 0 Å². The maximum absolute atomic E-state index is 14.2. The summed E-state index contributed by atoms with van der Waals surface area (Å²) in [6.45, 7) is 5.97. The summed E-state index contributed by atoms with van der Waals surface area (Å²) in [6.07, 6.45) is 2.14. The predicted molar refractivity (Wildman–Crippen MR) is 441 cm³/mol. The first-order valence-corrected chi connectivity index (χ1v) is 40.4. The maximum Gasteiger partial charge on any atom is 0.245 e. The minimum atomic E-state index is -1.87. The number of rotatable bonds is 54. The summed E-state index contributed by atoms with van der Waals surface area (Å²) in [5.74, 6) is -19.3. The van der Waals surface area contributed by atoms with Crippen molar-refractivity contribution in [2.45, 2.75) is 197 Å². The smallest absolute Gasteiger partial charge is 0.245 e. The lowest BCUT2D eigenvalue weighted by Crippen LogP contribution is -2.63. The molecule has 2 aromatic heterocycles. The average molecular weight is 1740 g/mol. The lowest BCUT2D eigenvalue weighted by molar-refractivity contribution is -0.138. The third kappa shape index (κ3) is 34.2. The van der Waals surface area contributed by atoms with Gasteiger partial charge in [0.15, 0.2) is 0 Å². The largest absolute Gasteiger partial charge is 0.394 e. The highest BCUT2D eigenvalue weighted by atomic mass is 32.1. The number of aliphatic hydroxyl groups excluding tert-OH is 4. The molecule has 658 valence electrons. The summed E-state index contributed by atoms with van der Waals surface area (Å²) in [7, 11) is 0. The van der Waals surface area contributed by atoms with Gasteiger partial charge in [-0.25, -0.2) is 4.98 Å². The van der Waals surface area contributed by atoms with Crippen molar-refractivity contribution >= 4 is 162 Å². The molecule has 0 spiro atoms. The standard InChI is InChI=1S/C71H114N22O21S4/c1-33(2)54(90-53(100)25-77-59(102)45(21-39-23-75-32-79-39)85-66(109)49(29-116)87-61(104)42(16-10-12-18-72)82-64(107)48(28-115)80-37(7)98)68(111)86-46(26-94)60(103)78-24-52(99)81-47(27-95)63(106)88-51(31-118)67(110)93-57(36(6)97)71(114)91-55(34(3)4)69(112)83-43(17-11-13-19-73)62(105)92-56(35(5)96)70(113)89-50(30-117)65(108)84-44(58(74)101)20-38-22-76-41-15-9-8-14-40(38)41/h8-9,14-15,22-23,32-36,42-51,54-57,76,94-97,115-118H,10-13,16-21,24-31,72-73H2,1-7H3,(H2,74,101)(H,75,79)(H,77,102)(H,78,103)(H,80,98)(H,81,99)(H,82,107)(H,83,112)(H,84,108)(H,85,109)(H,86,111)(H,87,104)(H,88,106)(H,89,113)(H,90,100)(H,91,114)(H,92,105)(H,93,110)/t35-,36-,42+,43+,44+,45+,46+,47+,48+,49+,50+,51+,54+,55+,56+,57+/m1/s1. The Morgan fingerprint density at radius 3 is 1.23 bits per heavy atom. The summed E-state index contributed by atoms with van der Waals surface area (Å²) in [6, 6.07) is -14.0. The van der Waals surface area contributed by atoms with Crippen molar-refractivity contribution in [1.29, 1.82) is 0 Å². The average Bonchev–Trinajstić information content (AvgIpc) is 1.61. The normalized spacial score (nSPS) is 15.3. The molecule has 3 aromatic rings.